The molecule has 1 heterocycles. The van der Waals surface area contributed by atoms with E-state index in [1.807, 2.05) is 0 Å². The van der Waals surface area contributed by atoms with E-state index in [1.54, 1.807) is 0 Å². The minimum Gasteiger partial charge on any atom is -0.381 e. The monoisotopic (exact) mass is 204 g/mol. The largest absolute Gasteiger partial charge is 0.381 e. The zero-order valence-electron chi connectivity index (χ0n) is 9.54. The van der Waals surface area contributed by atoms with Crippen LogP contribution in [0.1, 0.15) is 43.2 Å². The Bertz CT molecular complexity index is 283. The summed E-state index contributed by atoms with van der Waals surface area (Å²) < 4.78 is 5.41. The second-order valence-electron chi connectivity index (χ2n) is 4.41. The van der Waals surface area contributed by atoms with E-state index in [2.05, 4.69) is 31.2 Å². The van der Waals surface area contributed by atoms with E-state index in [4.69, 9.17) is 4.74 Å². The highest BCUT2D eigenvalue weighted by Gasteiger charge is 2.16. The van der Waals surface area contributed by atoms with Gasteiger partial charge in [-0.3, -0.25) is 0 Å². The van der Waals surface area contributed by atoms with E-state index in [9.17, 15) is 0 Å². The fourth-order valence-electron chi connectivity index (χ4n) is 2.13. The van der Waals surface area contributed by atoms with Gasteiger partial charge in [-0.25, -0.2) is 0 Å². The Morgan fingerprint density at radius 1 is 1.27 bits per heavy atom. The number of hydrogen-bond acceptors (Lipinski definition) is 1. The predicted octanol–water partition coefficient (Wildman–Crippen LogP) is 3.53. The van der Waals surface area contributed by atoms with Crippen molar-refractivity contribution in [3.63, 3.8) is 0 Å². The number of unbranched alkanes of at least 4 members (excludes halogenated alkanes) is 1. The van der Waals surface area contributed by atoms with E-state index in [-0.39, 0.29) is 0 Å². The lowest BCUT2D eigenvalue weighted by Crippen LogP contribution is -1.97. The fraction of sp³-hybridized carbons (Fsp3) is 0.571. The van der Waals surface area contributed by atoms with Gasteiger partial charge in [-0.05, 0) is 30.4 Å². The van der Waals surface area contributed by atoms with E-state index in [0.717, 1.165) is 13.2 Å². The van der Waals surface area contributed by atoms with Crippen LogP contribution >= 0.6 is 0 Å². The molecular formula is C14H20O. The maximum absolute atomic E-state index is 5.41. The van der Waals surface area contributed by atoms with Crippen LogP contribution in [-0.2, 0) is 11.2 Å². The molecule has 1 atom stereocenters. The first-order valence-electron chi connectivity index (χ1n) is 6.06. The fourth-order valence-corrected chi connectivity index (χ4v) is 2.13. The molecule has 1 heteroatoms. The van der Waals surface area contributed by atoms with Crippen LogP contribution in [0.5, 0.6) is 0 Å². The summed E-state index contributed by atoms with van der Waals surface area (Å²) in [5.41, 5.74) is 2.92. The quantitative estimate of drug-likeness (QED) is 0.729. The Balaban J connectivity index is 1.96. The normalized spacial score (nSPS) is 20.7. The van der Waals surface area contributed by atoms with Crippen LogP contribution in [0.15, 0.2) is 24.3 Å². The molecule has 0 amide bonds. The summed E-state index contributed by atoms with van der Waals surface area (Å²) in [6.45, 7) is 4.08. The molecule has 0 saturated carbocycles. The summed E-state index contributed by atoms with van der Waals surface area (Å²) in [6.07, 6.45) is 4.98. The molecule has 1 aromatic rings. The van der Waals surface area contributed by atoms with Gasteiger partial charge in [-0.15, -0.1) is 0 Å². The summed E-state index contributed by atoms with van der Waals surface area (Å²) >= 11 is 0. The topological polar surface area (TPSA) is 9.23 Å². The Morgan fingerprint density at radius 3 is 2.67 bits per heavy atom. The molecule has 15 heavy (non-hydrogen) atoms. The zero-order valence-corrected chi connectivity index (χ0v) is 9.54. The van der Waals surface area contributed by atoms with E-state index in [1.165, 1.54) is 36.8 Å². The van der Waals surface area contributed by atoms with E-state index >= 15 is 0 Å². The van der Waals surface area contributed by atoms with Crippen LogP contribution in [0.4, 0.5) is 0 Å². The third-order valence-electron chi connectivity index (χ3n) is 3.20. The molecule has 0 aliphatic carbocycles. The lowest BCUT2D eigenvalue weighted by molar-refractivity contribution is 0.194. The van der Waals surface area contributed by atoms with Crippen molar-refractivity contribution in [1.82, 2.24) is 0 Å². The molecule has 1 unspecified atom stereocenters. The smallest absolute Gasteiger partial charge is 0.0535 e. The lowest BCUT2D eigenvalue weighted by Gasteiger charge is -2.08. The van der Waals surface area contributed by atoms with Crippen molar-refractivity contribution in [1.29, 1.82) is 0 Å². The average Bonchev–Trinajstić information content (AvgIpc) is 2.80. The summed E-state index contributed by atoms with van der Waals surface area (Å²) in [6, 6.07) is 9.13. The Labute approximate surface area is 92.5 Å². The van der Waals surface area contributed by atoms with Gasteiger partial charge in [0.25, 0.3) is 0 Å². The summed E-state index contributed by atoms with van der Waals surface area (Å²) in [5.74, 6) is 0.644. The molecule has 0 radical (unpaired) electrons. The molecule has 0 spiro atoms. The maximum atomic E-state index is 5.41. The molecule has 1 aliphatic heterocycles. The van der Waals surface area contributed by atoms with Crippen molar-refractivity contribution in [3.05, 3.63) is 35.4 Å². The van der Waals surface area contributed by atoms with Crippen LogP contribution in [0.2, 0.25) is 0 Å². The molecule has 82 valence electrons. The van der Waals surface area contributed by atoms with Crippen molar-refractivity contribution in [2.24, 2.45) is 0 Å². The van der Waals surface area contributed by atoms with Crippen LogP contribution in [0.3, 0.4) is 0 Å². The van der Waals surface area contributed by atoms with Crippen molar-refractivity contribution < 1.29 is 4.74 Å². The number of ether oxygens (including phenoxy) is 1. The second kappa shape index (κ2) is 5.32. The third kappa shape index (κ3) is 2.82. The number of hydrogen-bond donors (Lipinski definition) is 0. The molecule has 1 aromatic carbocycles. The molecule has 0 bridgehead atoms. The Morgan fingerprint density at radius 2 is 2.07 bits per heavy atom. The minimum absolute atomic E-state index is 0.644. The maximum Gasteiger partial charge on any atom is 0.0535 e. The van der Waals surface area contributed by atoms with Crippen LogP contribution in [0.25, 0.3) is 0 Å². The van der Waals surface area contributed by atoms with Gasteiger partial charge in [-0.1, -0.05) is 37.6 Å². The van der Waals surface area contributed by atoms with Gasteiger partial charge in [-0.2, -0.15) is 0 Å². The van der Waals surface area contributed by atoms with Crippen molar-refractivity contribution in [2.75, 3.05) is 13.2 Å². The van der Waals surface area contributed by atoms with Crippen LogP contribution in [0, 0.1) is 0 Å². The summed E-state index contributed by atoms with van der Waals surface area (Å²) in [4.78, 5) is 0. The highest BCUT2D eigenvalue weighted by Crippen LogP contribution is 2.25. The zero-order chi connectivity index (χ0) is 10.5. The molecule has 1 nitrogen and oxygen atoms in total. The number of benzene rings is 1. The molecule has 2 rings (SSSR count). The van der Waals surface area contributed by atoms with Gasteiger partial charge in [0.1, 0.15) is 0 Å². The first-order chi connectivity index (χ1) is 7.40. The molecular weight excluding hydrogens is 184 g/mol. The molecule has 0 N–H and O–H groups in total. The van der Waals surface area contributed by atoms with Gasteiger partial charge >= 0.3 is 0 Å². The SMILES string of the molecule is CCCCc1ccc(C2CCOC2)cc1. The highest BCUT2D eigenvalue weighted by molar-refractivity contribution is 5.26. The highest BCUT2D eigenvalue weighted by atomic mass is 16.5. The molecule has 1 saturated heterocycles. The van der Waals surface area contributed by atoms with Crippen molar-refractivity contribution >= 4 is 0 Å². The van der Waals surface area contributed by atoms with Gasteiger partial charge in [0.2, 0.25) is 0 Å². The van der Waals surface area contributed by atoms with Gasteiger partial charge in [0.15, 0.2) is 0 Å². The third-order valence-corrected chi connectivity index (χ3v) is 3.20. The predicted molar refractivity (Wildman–Crippen MR) is 63.2 cm³/mol. The second-order valence-corrected chi connectivity index (χ2v) is 4.41. The summed E-state index contributed by atoms with van der Waals surface area (Å²) in [7, 11) is 0. The Kier molecular flexibility index (Phi) is 3.79. The average molecular weight is 204 g/mol. The van der Waals surface area contributed by atoms with Crippen molar-refractivity contribution in [2.45, 2.75) is 38.5 Å². The molecule has 0 aromatic heterocycles. The first-order valence-corrected chi connectivity index (χ1v) is 6.06. The first kappa shape index (κ1) is 10.7. The number of rotatable bonds is 4. The van der Waals surface area contributed by atoms with Gasteiger partial charge in [0, 0.05) is 12.5 Å². The Hall–Kier alpha value is -0.820. The van der Waals surface area contributed by atoms with Crippen LogP contribution in [-0.4, -0.2) is 13.2 Å². The van der Waals surface area contributed by atoms with Gasteiger partial charge in [0.05, 0.1) is 6.61 Å². The lowest BCUT2D eigenvalue weighted by atomic mass is 9.96. The standard InChI is InChI=1S/C14H20O/c1-2-3-4-12-5-7-13(8-6-12)14-9-10-15-11-14/h5-8,14H,2-4,9-11H2,1H3. The number of aryl methyl sites for hydroxylation is 1. The summed E-state index contributed by atoms with van der Waals surface area (Å²) in [5, 5.41) is 0. The molecule has 1 aliphatic rings. The van der Waals surface area contributed by atoms with Crippen molar-refractivity contribution in [3.8, 4) is 0 Å². The molecule has 1 fully saturated rings. The van der Waals surface area contributed by atoms with Crippen LogP contribution < -0.4 is 0 Å². The minimum atomic E-state index is 0.644. The van der Waals surface area contributed by atoms with Gasteiger partial charge < -0.3 is 4.74 Å². The van der Waals surface area contributed by atoms with E-state index < -0.39 is 0 Å². The van der Waals surface area contributed by atoms with E-state index in [0.29, 0.717) is 5.92 Å².